The largest absolute Gasteiger partial charge is 0.503 e. The Morgan fingerprint density at radius 2 is 1.76 bits per heavy atom. The summed E-state index contributed by atoms with van der Waals surface area (Å²) in [7, 11) is 0. The van der Waals surface area contributed by atoms with Gasteiger partial charge >= 0.3 is 0 Å². The molecule has 1 atom stereocenters. The standard InChI is InChI=1S/C20H20N2O3/c1-4-16(23)17-18(14-5-7-21-8-6-14)22(20(25)19(17)24)15-10-12(2)9-13(3)11-15/h5-11,18,24H,4H2,1-3H3. The molecule has 0 fully saturated rings. The van der Waals surface area contributed by atoms with Gasteiger partial charge in [-0.3, -0.25) is 19.5 Å². The first-order chi connectivity index (χ1) is 11.9. The first-order valence-corrected chi connectivity index (χ1v) is 8.22. The second-order valence-corrected chi connectivity index (χ2v) is 6.24. The fourth-order valence-electron chi connectivity index (χ4n) is 3.30. The number of carbonyl (C=O) groups excluding carboxylic acids is 2. The molecule has 5 heteroatoms. The van der Waals surface area contributed by atoms with Gasteiger partial charge in [0.05, 0.1) is 11.6 Å². The molecular formula is C20H20N2O3. The van der Waals surface area contributed by atoms with E-state index in [0.29, 0.717) is 5.69 Å². The third-order valence-corrected chi connectivity index (χ3v) is 4.34. The summed E-state index contributed by atoms with van der Waals surface area (Å²) in [5.74, 6) is -1.25. The van der Waals surface area contributed by atoms with Gasteiger partial charge in [-0.2, -0.15) is 0 Å². The fourth-order valence-corrected chi connectivity index (χ4v) is 3.30. The lowest BCUT2D eigenvalue weighted by Crippen LogP contribution is -2.31. The van der Waals surface area contributed by atoms with Crippen molar-refractivity contribution >= 4 is 17.4 Å². The molecule has 1 aliphatic heterocycles. The summed E-state index contributed by atoms with van der Waals surface area (Å²) in [6.07, 6.45) is 3.45. The van der Waals surface area contributed by atoms with Gasteiger partial charge in [0, 0.05) is 24.5 Å². The van der Waals surface area contributed by atoms with Gasteiger partial charge in [-0.05, 0) is 54.8 Å². The molecule has 128 valence electrons. The number of Topliss-reactive ketones (excluding diaryl/α,β-unsaturated/α-hetero) is 1. The lowest BCUT2D eigenvalue weighted by Gasteiger charge is -2.27. The van der Waals surface area contributed by atoms with Crippen LogP contribution in [0.4, 0.5) is 5.69 Å². The van der Waals surface area contributed by atoms with Crippen molar-refractivity contribution in [3.8, 4) is 0 Å². The van der Waals surface area contributed by atoms with E-state index in [4.69, 9.17) is 0 Å². The van der Waals surface area contributed by atoms with Gasteiger partial charge in [0.1, 0.15) is 0 Å². The monoisotopic (exact) mass is 336 g/mol. The van der Waals surface area contributed by atoms with E-state index < -0.39 is 17.7 Å². The van der Waals surface area contributed by atoms with Crippen LogP contribution in [-0.4, -0.2) is 21.8 Å². The van der Waals surface area contributed by atoms with Gasteiger partial charge in [0.2, 0.25) is 0 Å². The molecule has 0 saturated carbocycles. The average molecular weight is 336 g/mol. The number of hydrogen-bond acceptors (Lipinski definition) is 4. The number of aliphatic hydroxyl groups excluding tert-OH is 1. The second kappa shape index (κ2) is 6.51. The zero-order chi connectivity index (χ0) is 18.1. The molecule has 1 unspecified atom stereocenters. The molecule has 0 saturated heterocycles. The van der Waals surface area contributed by atoms with Gasteiger partial charge in [-0.15, -0.1) is 0 Å². The Labute approximate surface area is 146 Å². The number of pyridine rings is 1. The van der Waals surface area contributed by atoms with Crippen LogP contribution in [0.25, 0.3) is 0 Å². The molecule has 25 heavy (non-hydrogen) atoms. The molecule has 2 heterocycles. The van der Waals surface area contributed by atoms with Crippen LogP contribution in [0.2, 0.25) is 0 Å². The minimum absolute atomic E-state index is 0.151. The Morgan fingerprint density at radius 3 is 2.32 bits per heavy atom. The summed E-state index contributed by atoms with van der Waals surface area (Å²) >= 11 is 0. The van der Waals surface area contributed by atoms with E-state index in [-0.39, 0.29) is 17.8 Å². The molecule has 5 nitrogen and oxygen atoms in total. The van der Waals surface area contributed by atoms with Crippen LogP contribution in [0.5, 0.6) is 0 Å². The van der Waals surface area contributed by atoms with Gasteiger partial charge in [-0.25, -0.2) is 0 Å². The SMILES string of the molecule is CCC(=O)C1=C(O)C(=O)N(c2cc(C)cc(C)c2)C1c1ccncc1. The van der Waals surface area contributed by atoms with E-state index >= 15 is 0 Å². The maximum atomic E-state index is 12.8. The zero-order valence-corrected chi connectivity index (χ0v) is 14.5. The van der Waals surface area contributed by atoms with Crippen LogP contribution in [0, 0.1) is 13.8 Å². The smallest absolute Gasteiger partial charge is 0.294 e. The predicted octanol–water partition coefficient (Wildman–Crippen LogP) is 3.58. The van der Waals surface area contributed by atoms with E-state index in [0.717, 1.165) is 16.7 Å². The van der Waals surface area contributed by atoms with Crippen LogP contribution in [0.15, 0.2) is 54.1 Å². The summed E-state index contributed by atoms with van der Waals surface area (Å²) in [5, 5.41) is 10.4. The minimum atomic E-state index is -0.649. The van der Waals surface area contributed by atoms with E-state index in [1.807, 2.05) is 32.0 Å². The molecule has 1 aliphatic rings. The molecule has 0 spiro atoms. The molecule has 0 bridgehead atoms. The Bertz CT molecular complexity index is 852. The van der Waals surface area contributed by atoms with Crippen LogP contribution >= 0.6 is 0 Å². The van der Waals surface area contributed by atoms with Crippen molar-refractivity contribution < 1.29 is 14.7 Å². The Kier molecular flexibility index (Phi) is 4.40. The first kappa shape index (κ1) is 16.9. The molecule has 1 aromatic carbocycles. The molecule has 0 aliphatic carbocycles. The van der Waals surface area contributed by atoms with Gasteiger partial charge in [0.15, 0.2) is 11.5 Å². The lowest BCUT2D eigenvalue weighted by atomic mass is 9.95. The van der Waals surface area contributed by atoms with Crippen LogP contribution in [-0.2, 0) is 9.59 Å². The van der Waals surface area contributed by atoms with Crippen molar-refractivity contribution in [2.45, 2.75) is 33.2 Å². The van der Waals surface area contributed by atoms with Crippen LogP contribution in [0.1, 0.15) is 36.1 Å². The molecule has 3 rings (SSSR count). The second-order valence-electron chi connectivity index (χ2n) is 6.24. The van der Waals surface area contributed by atoms with Crippen molar-refractivity contribution in [3.05, 3.63) is 70.7 Å². The average Bonchev–Trinajstić information content (AvgIpc) is 2.86. The number of anilines is 1. The molecular weight excluding hydrogens is 316 g/mol. The Hall–Kier alpha value is -2.95. The van der Waals surface area contributed by atoms with E-state index in [1.165, 1.54) is 4.90 Å². The number of hydrogen-bond donors (Lipinski definition) is 1. The number of ketones is 1. The quantitative estimate of drug-likeness (QED) is 0.926. The molecule has 2 aromatic rings. The number of rotatable bonds is 4. The topological polar surface area (TPSA) is 70.5 Å². The molecule has 0 radical (unpaired) electrons. The Morgan fingerprint density at radius 1 is 1.16 bits per heavy atom. The summed E-state index contributed by atoms with van der Waals surface area (Å²) < 4.78 is 0. The number of nitrogens with zero attached hydrogens (tertiary/aromatic N) is 2. The predicted molar refractivity (Wildman–Crippen MR) is 95.3 cm³/mol. The van der Waals surface area contributed by atoms with Gasteiger partial charge in [0.25, 0.3) is 5.91 Å². The lowest BCUT2D eigenvalue weighted by molar-refractivity contribution is -0.118. The molecule has 1 aromatic heterocycles. The van der Waals surface area contributed by atoms with Crippen LogP contribution in [0.3, 0.4) is 0 Å². The summed E-state index contributed by atoms with van der Waals surface area (Å²) in [5.41, 5.74) is 3.56. The van der Waals surface area contributed by atoms with Crippen molar-refractivity contribution in [2.75, 3.05) is 4.90 Å². The fraction of sp³-hybridized carbons (Fsp3) is 0.250. The highest BCUT2D eigenvalue weighted by atomic mass is 16.3. The number of carbonyl (C=O) groups is 2. The normalized spacial score (nSPS) is 17.3. The maximum absolute atomic E-state index is 12.8. The number of aryl methyl sites for hydroxylation is 2. The van der Waals surface area contributed by atoms with Gasteiger partial charge in [-0.1, -0.05) is 13.0 Å². The third kappa shape index (κ3) is 2.93. The number of aliphatic hydroxyl groups is 1. The highest BCUT2D eigenvalue weighted by Crippen LogP contribution is 2.41. The summed E-state index contributed by atoms with van der Waals surface area (Å²) in [4.78, 5) is 30.7. The highest BCUT2D eigenvalue weighted by molar-refractivity contribution is 6.16. The minimum Gasteiger partial charge on any atom is -0.503 e. The van der Waals surface area contributed by atoms with E-state index in [2.05, 4.69) is 4.98 Å². The van der Waals surface area contributed by atoms with Gasteiger partial charge < -0.3 is 5.11 Å². The molecule has 1 amide bonds. The molecule has 1 N–H and O–H groups in total. The van der Waals surface area contributed by atoms with Crippen molar-refractivity contribution in [2.24, 2.45) is 0 Å². The van der Waals surface area contributed by atoms with Crippen molar-refractivity contribution in [1.82, 2.24) is 4.98 Å². The number of aromatic nitrogens is 1. The van der Waals surface area contributed by atoms with Crippen molar-refractivity contribution in [3.63, 3.8) is 0 Å². The van der Waals surface area contributed by atoms with Crippen LogP contribution < -0.4 is 4.90 Å². The third-order valence-electron chi connectivity index (χ3n) is 4.34. The maximum Gasteiger partial charge on any atom is 0.294 e. The van der Waals surface area contributed by atoms with E-state index in [9.17, 15) is 14.7 Å². The summed E-state index contributed by atoms with van der Waals surface area (Å²) in [6, 6.07) is 8.64. The first-order valence-electron chi connectivity index (χ1n) is 8.22. The van der Waals surface area contributed by atoms with Crippen molar-refractivity contribution in [1.29, 1.82) is 0 Å². The zero-order valence-electron chi connectivity index (χ0n) is 14.5. The number of benzene rings is 1. The summed E-state index contributed by atoms with van der Waals surface area (Å²) in [6.45, 7) is 5.62. The number of amides is 1. The Balaban J connectivity index is 2.20. The van der Waals surface area contributed by atoms with E-state index in [1.54, 1.807) is 31.5 Å². The highest BCUT2D eigenvalue weighted by Gasteiger charge is 2.43.